The monoisotopic (exact) mass is 427 g/mol. The molecule has 3 heterocycles. The molecule has 2 aliphatic rings. The zero-order valence-electron chi connectivity index (χ0n) is 18.6. The largest absolute Gasteiger partial charge is 0.468 e. The van der Waals surface area contributed by atoms with E-state index in [9.17, 15) is 9.59 Å². The molecule has 1 saturated carbocycles. The first-order chi connectivity index (χ1) is 14.9. The van der Waals surface area contributed by atoms with E-state index in [0.717, 1.165) is 30.9 Å². The van der Waals surface area contributed by atoms with Crippen LogP contribution in [0.3, 0.4) is 0 Å². The lowest BCUT2D eigenvalue weighted by Crippen LogP contribution is -2.41. The molecular formula is C23H33N5O3. The van der Waals surface area contributed by atoms with Crippen molar-refractivity contribution in [3.63, 3.8) is 0 Å². The number of nitrogens with one attached hydrogen (secondary N) is 1. The zero-order valence-corrected chi connectivity index (χ0v) is 18.6. The molecule has 31 heavy (non-hydrogen) atoms. The van der Waals surface area contributed by atoms with E-state index in [2.05, 4.69) is 17.3 Å². The maximum absolute atomic E-state index is 12.8. The van der Waals surface area contributed by atoms with E-state index in [1.54, 1.807) is 4.52 Å². The Bertz CT molecular complexity index is 965. The third kappa shape index (κ3) is 4.05. The molecular weight excluding hydrogens is 394 g/mol. The molecule has 2 aromatic rings. The van der Waals surface area contributed by atoms with Crippen LogP contribution >= 0.6 is 0 Å². The summed E-state index contributed by atoms with van der Waals surface area (Å²) in [7, 11) is 1.32. The maximum atomic E-state index is 12.8. The van der Waals surface area contributed by atoms with Gasteiger partial charge in [-0.15, -0.1) is 0 Å². The quantitative estimate of drug-likeness (QED) is 0.541. The normalized spacial score (nSPS) is 29.7. The predicted octanol–water partition coefficient (Wildman–Crippen LogP) is 2.56. The van der Waals surface area contributed by atoms with Crippen LogP contribution in [0.25, 0.3) is 5.65 Å². The van der Waals surface area contributed by atoms with E-state index < -0.39 is 11.4 Å². The van der Waals surface area contributed by atoms with Gasteiger partial charge in [0.1, 0.15) is 0 Å². The van der Waals surface area contributed by atoms with Gasteiger partial charge in [-0.05, 0) is 49.7 Å². The van der Waals surface area contributed by atoms with E-state index in [1.807, 2.05) is 25.3 Å². The number of aromatic nitrogens is 3. The van der Waals surface area contributed by atoms with Crippen LogP contribution in [-0.4, -0.2) is 39.6 Å². The molecule has 3 atom stereocenters. The molecule has 0 radical (unpaired) electrons. The number of rotatable bonds is 6. The van der Waals surface area contributed by atoms with Gasteiger partial charge < -0.3 is 15.8 Å². The average molecular weight is 428 g/mol. The van der Waals surface area contributed by atoms with E-state index in [1.165, 1.54) is 20.0 Å². The van der Waals surface area contributed by atoms with Crippen LogP contribution in [0.1, 0.15) is 69.8 Å². The number of amides is 1. The first-order valence-electron chi connectivity index (χ1n) is 11.4. The summed E-state index contributed by atoms with van der Waals surface area (Å²) >= 11 is 0. The van der Waals surface area contributed by atoms with Crippen LogP contribution in [0.2, 0.25) is 0 Å². The Balaban J connectivity index is 1.57. The lowest BCUT2D eigenvalue weighted by atomic mass is 9.79. The third-order valence-corrected chi connectivity index (χ3v) is 7.22. The van der Waals surface area contributed by atoms with Gasteiger partial charge in [0.05, 0.1) is 30.7 Å². The van der Waals surface area contributed by atoms with Gasteiger partial charge in [0.2, 0.25) is 5.91 Å². The lowest BCUT2D eigenvalue weighted by molar-refractivity contribution is -0.156. The van der Waals surface area contributed by atoms with Crippen LogP contribution in [0.15, 0.2) is 18.3 Å². The third-order valence-electron chi connectivity index (χ3n) is 7.22. The van der Waals surface area contributed by atoms with E-state index in [4.69, 9.17) is 15.5 Å². The van der Waals surface area contributed by atoms with E-state index in [-0.39, 0.29) is 24.4 Å². The summed E-state index contributed by atoms with van der Waals surface area (Å²) in [5, 5.41) is 7.58. The van der Waals surface area contributed by atoms with Gasteiger partial charge in [0.15, 0.2) is 11.1 Å². The first kappa shape index (κ1) is 21.7. The molecule has 3 N–H and O–H groups in total. The summed E-state index contributed by atoms with van der Waals surface area (Å²) < 4.78 is 6.72. The molecule has 0 spiro atoms. The molecule has 2 aromatic heterocycles. The van der Waals surface area contributed by atoms with Crippen molar-refractivity contribution in [1.29, 1.82) is 0 Å². The lowest BCUT2D eigenvalue weighted by Gasteiger charge is -2.29. The first-order valence-corrected chi connectivity index (χ1v) is 11.4. The summed E-state index contributed by atoms with van der Waals surface area (Å²) in [6, 6.07) is 3.56. The average Bonchev–Trinajstić information content (AvgIpc) is 3.34. The Hall–Kier alpha value is -2.48. The standard InChI is InChI=1S/C23H33N5O3/c1-4-16-11-23(21(29)25-16,22(30)31-3)12-17-9-10-19-26-18(13-28(19)27-17)20(24)15-7-5-14(2)6-8-15/h9-10,13-16,20H,4-8,11-12,24H2,1-3H3,(H,25,29)/t14?,15?,16-,20+,23?/m1/s1. The number of imidazole rings is 1. The maximum Gasteiger partial charge on any atom is 0.321 e. The van der Waals surface area contributed by atoms with Crippen molar-refractivity contribution in [2.45, 2.75) is 70.9 Å². The SMILES string of the molecule is CC[C@@H]1CC(Cc2ccc3nc([C@@H](N)C4CCC(C)CC4)cn3n2)(C(=O)OC)C(=O)N1. The highest BCUT2D eigenvalue weighted by atomic mass is 16.5. The summed E-state index contributed by atoms with van der Waals surface area (Å²) in [5.41, 5.74) is 7.52. The Morgan fingerprint density at radius 1 is 1.35 bits per heavy atom. The molecule has 8 heteroatoms. The van der Waals surface area contributed by atoms with Crippen LogP contribution < -0.4 is 11.1 Å². The molecule has 1 unspecified atom stereocenters. The van der Waals surface area contributed by atoms with Crippen LogP contribution in [0.4, 0.5) is 0 Å². The van der Waals surface area contributed by atoms with Crippen molar-refractivity contribution in [3.05, 3.63) is 29.7 Å². The molecule has 1 aliphatic heterocycles. The van der Waals surface area contributed by atoms with E-state index >= 15 is 0 Å². The van der Waals surface area contributed by atoms with Gasteiger partial charge in [-0.1, -0.05) is 26.7 Å². The molecule has 4 rings (SSSR count). The number of fused-ring (bicyclic) bond motifs is 1. The van der Waals surface area contributed by atoms with Gasteiger partial charge in [-0.25, -0.2) is 9.50 Å². The number of hydrogen-bond acceptors (Lipinski definition) is 6. The highest BCUT2D eigenvalue weighted by molar-refractivity contribution is 6.04. The molecule has 8 nitrogen and oxygen atoms in total. The predicted molar refractivity (Wildman–Crippen MR) is 116 cm³/mol. The highest BCUT2D eigenvalue weighted by Gasteiger charge is 2.53. The van der Waals surface area contributed by atoms with Gasteiger partial charge in [-0.2, -0.15) is 5.10 Å². The minimum absolute atomic E-state index is 0.0358. The van der Waals surface area contributed by atoms with Crippen molar-refractivity contribution >= 4 is 17.5 Å². The summed E-state index contributed by atoms with van der Waals surface area (Å²) in [6.45, 7) is 4.29. The van der Waals surface area contributed by atoms with Crippen LogP contribution in [0.5, 0.6) is 0 Å². The molecule has 168 valence electrons. The van der Waals surface area contributed by atoms with Gasteiger partial charge in [0.25, 0.3) is 0 Å². The van der Waals surface area contributed by atoms with Crippen molar-refractivity contribution in [3.8, 4) is 0 Å². The van der Waals surface area contributed by atoms with E-state index in [0.29, 0.717) is 23.7 Å². The number of nitrogens with zero attached hydrogens (tertiary/aromatic N) is 3. The summed E-state index contributed by atoms with van der Waals surface area (Å²) in [5.74, 6) is 0.419. The molecule has 0 aromatic carbocycles. The molecule has 1 aliphatic carbocycles. The Kier molecular flexibility index (Phi) is 6.01. The Morgan fingerprint density at radius 2 is 2.10 bits per heavy atom. The Morgan fingerprint density at radius 3 is 2.74 bits per heavy atom. The van der Waals surface area contributed by atoms with Crippen molar-refractivity contribution < 1.29 is 14.3 Å². The number of carbonyl (C=O) groups is 2. The minimum atomic E-state index is -1.24. The minimum Gasteiger partial charge on any atom is -0.468 e. The number of hydrogen-bond donors (Lipinski definition) is 2. The fraction of sp³-hybridized carbons (Fsp3) is 0.652. The van der Waals surface area contributed by atoms with Crippen molar-refractivity contribution in [1.82, 2.24) is 19.9 Å². The second-order valence-corrected chi connectivity index (χ2v) is 9.37. The number of carbonyl (C=O) groups excluding carboxylic acids is 2. The fourth-order valence-corrected chi connectivity index (χ4v) is 5.12. The second-order valence-electron chi connectivity index (χ2n) is 9.37. The van der Waals surface area contributed by atoms with Gasteiger partial charge in [0, 0.05) is 12.5 Å². The number of ether oxygens (including phenoxy) is 1. The summed E-state index contributed by atoms with van der Waals surface area (Å²) in [6.07, 6.45) is 7.94. The number of esters is 1. The van der Waals surface area contributed by atoms with Crippen molar-refractivity contribution in [2.24, 2.45) is 23.0 Å². The number of nitrogens with two attached hydrogens (primary N) is 1. The number of methoxy groups -OCH3 is 1. The van der Waals surface area contributed by atoms with Crippen LogP contribution in [-0.2, 0) is 20.7 Å². The zero-order chi connectivity index (χ0) is 22.2. The summed E-state index contributed by atoms with van der Waals surface area (Å²) in [4.78, 5) is 30.1. The highest BCUT2D eigenvalue weighted by Crippen LogP contribution is 2.37. The smallest absolute Gasteiger partial charge is 0.321 e. The Labute approximate surface area is 182 Å². The molecule has 1 saturated heterocycles. The molecule has 0 bridgehead atoms. The topological polar surface area (TPSA) is 112 Å². The molecule has 2 fully saturated rings. The van der Waals surface area contributed by atoms with Crippen molar-refractivity contribution in [2.75, 3.05) is 7.11 Å². The van der Waals surface area contributed by atoms with Gasteiger partial charge in [-0.3, -0.25) is 9.59 Å². The second kappa shape index (κ2) is 8.57. The molecule has 1 amide bonds. The fourth-order valence-electron chi connectivity index (χ4n) is 5.12. The van der Waals surface area contributed by atoms with Crippen LogP contribution in [0, 0.1) is 17.3 Å². The van der Waals surface area contributed by atoms with Gasteiger partial charge >= 0.3 is 5.97 Å².